The standard InChI is InChI=1S/C14H17NO4S/c16-14(17)11-3-1-2-10(6-11)4-5-15-8-12-7-13(9-15)20(12,18)19/h1-3,6,12-13H,4-5,7-9H2,(H,16,17). The summed E-state index contributed by atoms with van der Waals surface area (Å²) < 4.78 is 23.4. The van der Waals surface area contributed by atoms with Gasteiger partial charge in [-0.15, -0.1) is 0 Å². The summed E-state index contributed by atoms with van der Waals surface area (Å²) in [4.78, 5) is 13.1. The third kappa shape index (κ3) is 2.33. The molecule has 2 atom stereocenters. The van der Waals surface area contributed by atoms with Crippen LogP contribution in [-0.2, 0) is 16.3 Å². The number of carbonyl (C=O) groups is 1. The summed E-state index contributed by atoms with van der Waals surface area (Å²) in [6.07, 6.45) is 1.56. The molecule has 0 radical (unpaired) electrons. The molecule has 2 unspecified atom stereocenters. The molecule has 3 fully saturated rings. The van der Waals surface area contributed by atoms with Crippen molar-refractivity contribution in [1.29, 1.82) is 0 Å². The largest absolute Gasteiger partial charge is 0.478 e. The SMILES string of the molecule is O=C(O)c1cccc(CCN2CC3CC(C2)S3(=O)=O)c1. The van der Waals surface area contributed by atoms with E-state index < -0.39 is 15.8 Å². The molecule has 3 heterocycles. The number of hydrogen-bond acceptors (Lipinski definition) is 4. The van der Waals surface area contributed by atoms with Crippen molar-refractivity contribution >= 4 is 15.8 Å². The predicted octanol–water partition coefficient (Wildman–Crippen LogP) is 0.799. The Kier molecular flexibility index (Phi) is 3.30. The average Bonchev–Trinajstić information content (AvgIpc) is 2.45. The Labute approximate surface area is 118 Å². The number of fused-ring (bicyclic) bond motifs is 2. The van der Waals surface area contributed by atoms with Gasteiger partial charge in [-0.1, -0.05) is 12.1 Å². The Bertz CT molecular complexity index is 622. The van der Waals surface area contributed by atoms with Crippen molar-refractivity contribution in [2.75, 3.05) is 19.6 Å². The molecular weight excluding hydrogens is 278 g/mol. The van der Waals surface area contributed by atoms with Gasteiger partial charge in [-0.2, -0.15) is 0 Å². The normalized spacial score (nSPS) is 27.8. The van der Waals surface area contributed by atoms with E-state index in [-0.39, 0.29) is 10.5 Å². The second-order valence-electron chi connectivity index (χ2n) is 5.58. The second kappa shape index (κ2) is 4.86. The first kappa shape index (κ1) is 13.6. The van der Waals surface area contributed by atoms with Crippen molar-refractivity contribution < 1.29 is 18.3 Å². The quantitative estimate of drug-likeness (QED) is 0.889. The molecule has 0 spiro atoms. The van der Waals surface area contributed by atoms with Gasteiger partial charge < -0.3 is 10.0 Å². The number of piperidine rings is 1. The molecule has 0 aliphatic carbocycles. The van der Waals surface area contributed by atoms with Crippen LogP contribution in [0.5, 0.6) is 0 Å². The number of carboxylic acids is 1. The maximum atomic E-state index is 11.7. The maximum absolute atomic E-state index is 11.7. The molecule has 1 aromatic rings. The summed E-state index contributed by atoms with van der Waals surface area (Å²) >= 11 is 0. The molecule has 3 saturated heterocycles. The van der Waals surface area contributed by atoms with Gasteiger partial charge in [0.15, 0.2) is 9.84 Å². The van der Waals surface area contributed by atoms with Gasteiger partial charge in [-0.3, -0.25) is 0 Å². The highest BCUT2D eigenvalue weighted by Gasteiger charge is 2.51. The van der Waals surface area contributed by atoms with Gasteiger partial charge in [0.05, 0.1) is 16.1 Å². The van der Waals surface area contributed by atoms with Gasteiger partial charge in [0.1, 0.15) is 0 Å². The minimum absolute atomic E-state index is 0.174. The lowest BCUT2D eigenvalue weighted by Gasteiger charge is -2.46. The average molecular weight is 295 g/mol. The molecule has 6 heteroatoms. The van der Waals surface area contributed by atoms with Crippen molar-refractivity contribution in [3.8, 4) is 0 Å². The van der Waals surface area contributed by atoms with Crippen LogP contribution in [-0.4, -0.2) is 54.5 Å². The van der Waals surface area contributed by atoms with Crippen LogP contribution in [0.15, 0.2) is 24.3 Å². The first-order valence-corrected chi connectivity index (χ1v) is 8.35. The summed E-state index contributed by atoms with van der Waals surface area (Å²) in [5.41, 5.74) is 1.28. The number of aromatic carboxylic acids is 1. The zero-order valence-electron chi connectivity index (χ0n) is 11.0. The molecule has 3 aliphatic heterocycles. The van der Waals surface area contributed by atoms with Crippen molar-refractivity contribution in [2.45, 2.75) is 23.3 Å². The zero-order valence-corrected chi connectivity index (χ0v) is 11.8. The highest BCUT2D eigenvalue weighted by Crippen LogP contribution is 2.35. The maximum Gasteiger partial charge on any atom is 0.335 e. The van der Waals surface area contributed by atoms with Crippen LogP contribution < -0.4 is 0 Å². The third-order valence-corrected chi connectivity index (χ3v) is 6.81. The first-order valence-electron chi connectivity index (χ1n) is 6.74. The number of benzene rings is 1. The molecule has 0 amide bonds. The van der Waals surface area contributed by atoms with Crippen LogP contribution in [0.25, 0.3) is 0 Å². The van der Waals surface area contributed by atoms with Gasteiger partial charge in [0.2, 0.25) is 0 Å². The minimum atomic E-state index is -2.82. The van der Waals surface area contributed by atoms with E-state index in [0.717, 1.165) is 24.9 Å². The van der Waals surface area contributed by atoms with Crippen molar-refractivity contribution in [3.05, 3.63) is 35.4 Å². The van der Waals surface area contributed by atoms with E-state index in [1.807, 2.05) is 6.07 Å². The topological polar surface area (TPSA) is 74.7 Å². The highest BCUT2D eigenvalue weighted by molar-refractivity contribution is 7.94. The Morgan fingerprint density at radius 1 is 1.30 bits per heavy atom. The molecule has 0 saturated carbocycles. The molecule has 3 aliphatic rings. The van der Waals surface area contributed by atoms with Crippen molar-refractivity contribution in [3.63, 3.8) is 0 Å². The van der Waals surface area contributed by atoms with Crippen LogP contribution in [0, 0.1) is 0 Å². The molecule has 0 aromatic heterocycles. The van der Waals surface area contributed by atoms with E-state index >= 15 is 0 Å². The van der Waals surface area contributed by atoms with Gasteiger partial charge in [0.25, 0.3) is 0 Å². The van der Waals surface area contributed by atoms with Gasteiger partial charge in [-0.25, -0.2) is 13.2 Å². The number of hydrogen-bond donors (Lipinski definition) is 1. The number of sulfone groups is 1. The fourth-order valence-electron chi connectivity index (χ4n) is 3.05. The van der Waals surface area contributed by atoms with Crippen LogP contribution in [0.1, 0.15) is 22.3 Å². The summed E-state index contributed by atoms with van der Waals surface area (Å²) in [5, 5.41) is 8.60. The molecule has 1 aromatic carbocycles. The Morgan fingerprint density at radius 3 is 2.60 bits per heavy atom. The van der Waals surface area contributed by atoms with E-state index in [9.17, 15) is 13.2 Å². The number of carboxylic acid groups (broad SMARTS) is 1. The highest BCUT2D eigenvalue weighted by atomic mass is 32.2. The Balaban J connectivity index is 1.59. The van der Waals surface area contributed by atoms with Gasteiger partial charge in [-0.05, 0) is 30.5 Å². The van der Waals surface area contributed by atoms with E-state index in [0.29, 0.717) is 18.7 Å². The second-order valence-corrected chi connectivity index (χ2v) is 8.10. The van der Waals surface area contributed by atoms with Gasteiger partial charge >= 0.3 is 5.97 Å². The third-order valence-electron chi connectivity index (χ3n) is 4.27. The monoisotopic (exact) mass is 295 g/mol. The summed E-state index contributed by atoms with van der Waals surface area (Å²) in [6, 6.07) is 6.92. The fourth-order valence-corrected chi connectivity index (χ4v) is 5.07. The van der Waals surface area contributed by atoms with E-state index in [2.05, 4.69) is 4.90 Å². The fraction of sp³-hybridized carbons (Fsp3) is 0.500. The first-order chi connectivity index (χ1) is 9.46. The summed E-state index contributed by atoms with van der Waals surface area (Å²) in [5.74, 6) is -0.919. The summed E-state index contributed by atoms with van der Waals surface area (Å²) in [6.45, 7) is 2.03. The van der Waals surface area contributed by atoms with E-state index in [1.165, 1.54) is 0 Å². The van der Waals surface area contributed by atoms with E-state index in [4.69, 9.17) is 5.11 Å². The Hall–Kier alpha value is -1.40. The minimum Gasteiger partial charge on any atom is -0.478 e. The predicted molar refractivity (Wildman–Crippen MR) is 74.7 cm³/mol. The van der Waals surface area contributed by atoms with Crippen molar-refractivity contribution in [2.24, 2.45) is 0 Å². The Morgan fingerprint density at radius 2 is 2.00 bits per heavy atom. The number of nitrogens with zero attached hydrogens (tertiary/aromatic N) is 1. The summed E-state index contributed by atoms with van der Waals surface area (Å²) in [7, 11) is -2.82. The van der Waals surface area contributed by atoms with E-state index in [1.54, 1.807) is 18.2 Å². The van der Waals surface area contributed by atoms with Crippen LogP contribution in [0.2, 0.25) is 0 Å². The lowest BCUT2D eigenvalue weighted by atomic mass is 10.1. The smallest absolute Gasteiger partial charge is 0.335 e. The molecule has 1 N–H and O–H groups in total. The molecule has 2 bridgehead atoms. The van der Waals surface area contributed by atoms with Crippen LogP contribution in [0.3, 0.4) is 0 Å². The van der Waals surface area contributed by atoms with Gasteiger partial charge in [0, 0.05) is 19.6 Å². The van der Waals surface area contributed by atoms with Crippen LogP contribution >= 0.6 is 0 Å². The zero-order chi connectivity index (χ0) is 14.3. The molecular formula is C14H17NO4S. The van der Waals surface area contributed by atoms with Crippen molar-refractivity contribution in [1.82, 2.24) is 4.90 Å². The number of rotatable bonds is 4. The lowest BCUT2D eigenvalue weighted by molar-refractivity contribution is 0.0696. The lowest BCUT2D eigenvalue weighted by Crippen LogP contribution is -2.62. The van der Waals surface area contributed by atoms with Crippen LogP contribution in [0.4, 0.5) is 0 Å². The molecule has 108 valence electrons. The molecule has 5 nitrogen and oxygen atoms in total. The molecule has 20 heavy (non-hydrogen) atoms. The molecule has 4 rings (SSSR count).